The van der Waals surface area contributed by atoms with Gasteiger partial charge in [0.2, 0.25) is 0 Å². The molecule has 1 aliphatic heterocycles. The first-order valence-electron chi connectivity index (χ1n) is 9.47. The van der Waals surface area contributed by atoms with Crippen molar-refractivity contribution in [3.63, 3.8) is 0 Å². The number of thiophene rings is 1. The fourth-order valence-corrected chi connectivity index (χ4v) is 4.51. The van der Waals surface area contributed by atoms with E-state index in [9.17, 15) is 4.79 Å². The van der Waals surface area contributed by atoms with Crippen molar-refractivity contribution < 1.29 is 4.79 Å². The third-order valence-electron chi connectivity index (χ3n) is 5.59. The highest BCUT2D eigenvalue weighted by Gasteiger charge is 2.32. The highest BCUT2D eigenvalue weighted by atomic mass is 32.1. The van der Waals surface area contributed by atoms with Crippen LogP contribution in [0, 0.1) is 0 Å². The lowest BCUT2D eigenvalue weighted by Gasteiger charge is -2.38. The van der Waals surface area contributed by atoms with Crippen molar-refractivity contribution in [1.82, 2.24) is 34.4 Å². The molecule has 8 nitrogen and oxygen atoms in total. The van der Waals surface area contributed by atoms with Crippen LogP contribution in [-0.4, -0.2) is 67.0 Å². The Morgan fingerprint density at radius 1 is 1.14 bits per heavy atom. The molecule has 5 rings (SSSR count). The van der Waals surface area contributed by atoms with Crippen LogP contribution < -0.4 is 0 Å². The fourth-order valence-electron chi connectivity index (χ4n) is 3.85. The maximum absolute atomic E-state index is 12.9. The number of amides is 1. The Morgan fingerprint density at radius 3 is 2.79 bits per heavy atom. The molecule has 148 valence electrons. The van der Waals surface area contributed by atoms with Gasteiger partial charge in [0.25, 0.3) is 5.91 Å². The lowest BCUT2D eigenvalue weighted by molar-refractivity contribution is 0.0531. The van der Waals surface area contributed by atoms with E-state index in [2.05, 4.69) is 56.3 Å². The number of pyridine rings is 1. The summed E-state index contributed by atoms with van der Waals surface area (Å²) in [6, 6.07) is 8.02. The molecule has 29 heavy (non-hydrogen) atoms. The minimum atomic E-state index is -0.00887. The first-order valence-corrected chi connectivity index (χ1v) is 10.4. The van der Waals surface area contributed by atoms with Gasteiger partial charge in [-0.1, -0.05) is 11.3 Å². The van der Waals surface area contributed by atoms with Gasteiger partial charge in [-0.15, -0.1) is 5.10 Å². The molecular weight excluding hydrogens is 386 g/mol. The zero-order chi connectivity index (χ0) is 20.0. The van der Waals surface area contributed by atoms with Gasteiger partial charge in [0.15, 0.2) is 0 Å². The standard InChI is InChI=1S/C20H21N7OS/c1-24-8-9-26(20(28)17-5-7-21-25(17)2)12-18(24)19-16-4-3-14(11-27(16)23-22-19)15-6-10-29-13-15/h3-7,10-11,13,18H,8-9,12H2,1-2H3/t18-/m1/s1. The average Bonchev–Trinajstić information content (AvgIpc) is 3.48. The number of carbonyl (C=O) groups is 1. The van der Waals surface area contributed by atoms with Crippen molar-refractivity contribution in [2.45, 2.75) is 6.04 Å². The summed E-state index contributed by atoms with van der Waals surface area (Å²) in [4.78, 5) is 17.1. The minimum absolute atomic E-state index is 0.000632. The van der Waals surface area contributed by atoms with Crippen molar-refractivity contribution in [2.24, 2.45) is 7.05 Å². The summed E-state index contributed by atoms with van der Waals surface area (Å²) in [5.41, 5.74) is 4.75. The number of fused-ring (bicyclic) bond motifs is 1. The Hall–Kier alpha value is -3.04. The molecule has 0 aromatic carbocycles. The van der Waals surface area contributed by atoms with E-state index in [1.165, 1.54) is 5.56 Å². The van der Waals surface area contributed by atoms with E-state index in [0.29, 0.717) is 18.8 Å². The van der Waals surface area contributed by atoms with Gasteiger partial charge in [-0.2, -0.15) is 16.4 Å². The maximum Gasteiger partial charge on any atom is 0.272 e. The van der Waals surface area contributed by atoms with Crippen LogP contribution in [0.3, 0.4) is 0 Å². The largest absolute Gasteiger partial charge is 0.334 e. The van der Waals surface area contributed by atoms with Crippen LogP contribution >= 0.6 is 11.3 Å². The monoisotopic (exact) mass is 407 g/mol. The molecule has 1 saturated heterocycles. The number of aryl methyl sites for hydroxylation is 1. The molecule has 0 spiro atoms. The van der Waals surface area contributed by atoms with Crippen molar-refractivity contribution in [1.29, 1.82) is 0 Å². The second-order valence-electron chi connectivity index (χ2n) is 7.32. The molecule has 9 heteroatoms. The zero-order valence-corrected chi connectivity index (χ0v) is 17.1. The summed E-state index contributed by atoms with van der Waals surface area (Å²) < 4.78 is 3.45. The number of hydrogen-bond donors (Lipinski definition) is 0. The molecule has 4 aromatic heterocycles. The number of carbonyl (C=O) groups excluding carboxylic acids is 1. The highest BCUT2D eigenvalue weighted by Crippen LogP contribution is 2.28. The smallest absolute Gasteiger partial charge is 0.272 e. The van der Waals surface area contributed by atoms with Gasteiger partial charge in [0.05, 0.1) is 11.6 Å². The Kier molecular flexibility index (Phi) is 4.40. The maximum atomic E-state index is 12.9. The van der Waals surface area contributed by atoms with E-state index < -0.39 is 0 Å². The Balaban J connectivity index is 1.45. The summed E-state index contributed by atoms with van der Waals surface area (Å²) in [6.07, 6.45) is 3.66. The topological polar surface area (TPSA) is 71.6 Å². The molecule has 0 N–H and O–H groups in total. The first kappa shape index (κ1) is 18.0. The van der Waals surface area contributed by atoms with Gasteiger partial charge >= 0.3 is 0 Å². The van der Waals surface area contributed by atoms with Crippen LogP contribution in [-0.2, 0) is 7.05 Å². The summed E-state index contributed by atoms with van der Waals surface area (Å²) >= 11 is 1.68. The number of hydrogen-bond acceptors (Lipinski definition) is 6. The Labute approximate surface area is 172 Å². The Bertz CT molecular complexity index is 1160. The number of aromatic nitrogens is 5. The van der Waals surface area contributed by atoms with Crippen LogP contribution in [0.25, 0.3) is 16.6 Å². The molecule has 0 aliphatic carbocycles. The van der Waals surface area contributed by atoms with Crippen molar-refractivity contribution >= 4 is 22.8 Å². The van der Waals surface area contributed by atoms with Gasteiger partial charge in [-0.05, 0) is 41.6 Å². The molecule has 0 saturated carbocycles. The second-order valence-corrected chi connectivity index (χ2v) is 8.10. The zero-order valence-electron chi connectivity index (χ0n) is 16.3. The lowest BCUT2D eigenvalue weighted by atomic mass is 10.1. The molecule has 1 aliphatic rings. The molecule has 1 atom stereocenters. The average molecular weight is 408 g/mol. The fraction of sp³-hybridized carbons (Fsp3) is 0.300. The van der Waals surface area contributed by atoms with Crippen LogP contribution in [0.15, 0.2) is 47.4 Å². The van der Waals surface area contributed by atoms with Crippen LogP contribution in [0.2, 0.25) is 0 Å². The van der Waals surface area contributed by atoms with E-state index in [4.69, 9.17) is 0 Å². The van der Waals surface area contributed by atoms with E-state index in [0.717, 1.165) is 23.3 Å². The summed E-state index contributed by atoms with van der Waals surface area (Å²) in [5.74, 6) is -0.000632. The summed E-state index contributed by atoms with van der Waals surface area (Å²) in [7, 11) is 3.86. The number of piperazine rings is 1. The summed E-state index contributed by atoms with van der Waals surface area (Å²) in [5, 5.41) is 17.2. The van der Waals surface area contributed by atoms with Crippen molar-refractivity contribution in [2.75, 3.05) is 26.7 Å². The van der Waals surface area contributed by atoms with E-state index in [-0.39, 0.29) is 11.9 Å². The third kappa shape index (κ3) is 3.12. The third-order valence-corrected chi connectivity index (χ3v) is 6.27. The molecular formula is C20H21N7OS. The van der Waals surface area contributed by atoms with E-state index in [1.54, 1.807) is 35.3 Å². The van der Waals surface area contributed by atoms with Crippen molar-refractivity contribution in [3.05, 3.63) is 58.8 Å². The van der Waals surface area contributed by atoms with Crippen LogP contribution in [0.5, 0.6) is 0 Å². The predicted octanol–water partition coefficient (Wildman–Crippen LogP) is 2.32. The van der Waals surface area contributed by atoms with E-state index >= 15 is 0 Å². The Morgan fingerprint density at radius 2 is 2.03 bits per heavy atom. The van der Waals surface area contributed by atoms with Crippen molar-refractivity contribution in [3.8, 4) is 11.1 Å². The second kappa shape index (κ2) is 7.09. The summed E-state index contributed by atoms with van der Waals surface area (Å²) in [6.45, 7) is 2.03. The number of likely N-dealkylation sites (N-methyl/N-ethyl adjacent to an activating group) is 1. The number of nitrogens with zero attached hydrogens (tertiary/aromatic N) is 7. The molecule has 1 amide bonds. The molecule has 5 heterocycles. The van der Waals surface area contributed by atoms with Gasteiger partial charge in [-0.25, -0.2) is 4.52 Å². The lowest BCUT2D eigenvalue weighted by Crippen LogP contribution is -2.49. The molecule has 0 radical (unpaired) electrons. The van der Waals surface area contributed by atoms with E-state index in [1.807, 2.05) is 15.6 Å². The highest BCUT2D eigenvalue weighted by molar-refractivity contribution is 7.08. The predicted molar refractivity (Wildman–Crippen MR) is 111 cm³/mol. The van der Waals surface area contributed by atoms with Crippen LogP contribution in [0.4, 0.5) is 0 Å². The number of rotatable bonds is 3. The molecule has 4 aromatic rings. The van der Waals surface area contributed by atoms with Gasteiger partial charge in [0.1, 0.15) is 11.4 Å². The first-order chi connectivity index (χ1) is 14.1. The molecule has 0 bridgehead atoms. The minimum Gasteiger partial charge on any atom is -0.334 e. The van der Waals surface area contributed by atoms with Gasteiger partial charge in [-0.3, -0.25) is 14.4 Å². The van der Waals surface area contributed by atoms with Crippen LogP contribution in [0.1, 0.15) is 22.2 Å². The van der Waals surface area contributed by atoms with Gasteiger partial charge < -0.3 is 4.90 Å². The van der Waals surface area contributed by atoms with Gasteiger partial charge in [0, 0.05) is 44.6 Å². The normalized spacial score (nSPS) is 17.9. The molecule has 0 unspecified atom stereocenters. The molecule has 1 fully saturated rings. The SMILES string of the molecule is CN1CCN(C(=O)c2ccnn2C)C[C@@H]1c1nnn2cc(-c3ccsc3)ccc12. The quantitative estimate of drug-likeness (QED) is 0.521.